The summed E-state index contributed by atoms with van der Waals surface area (Å²) in [6.45, 7) is 2.13. The predicted molar refractivity (Wildman–Crippen MR) is 112 cm³/mol. The lowest BCUT2D eigenvalue weighted by atomic mass is 10.1. The Kier molecular flexibility index (Phi) is 5.16. The van der Waals surface area contributed by atoms with Crippen molar-refractivity contribution in [2.24, 2.45) is 0 Å². The van der Waals surface area contributed by atoms with Gasteiger partial charge in [0.25, 0.3) is 0 Å². The molecule has 2 atom stereocenters. The fourth-order valence-corrected chi connectivity index (χ4v) is 5.20. The summed E-state index contributed by atoms with van der Waals surface area (Å²) in [7, 11) is 1.93. The highest BCUT2D eigenvalue weighted by Crippen LogP contribution is 2.31. The number of hydrogen-bond donors (Lipinski definition) is 0. The molecule has 6 nitrogen and oxygen atoms in total. The lowest BCUT2D eigenvalue weighted by Gasteiger charge is -2.27. The number of anilines is 1. The van der Waals surface area contributed by atoms with E-state index in [1.54, 1.807) is 12.1 Å². The molecule has 0 radical (unpaired) electrons. The van der Waals surface area contributed by atoms with E-state index in [1.807, 2.05) is 24.4 Å². The lowest BCUT2D eigenvalue weighted by Crippen LogP contribution is -2.36. The highest BCUT2D eigenvalue weighted by Gasteiger charge is 2.34. The molecule has 2 bridgehead atoms. The van der Waals surface area contributed by atoms with Gasteiger partial charge in [-0.15, -0.1) is 0 Å². The molecule has 2 fully saturated rings. The zero-order valence-electron chi connectivity index (χ0n) is 16.7. The molecule has 2 aromatic rings. The van der Waals surface area contributed by atoms with E-state index in [4.69, 9.17) is 0 Å². The Balaban J connectivity index is 1.51. The van der Waals surface area contributed by atoms with Crippen molar-refractivity contribution < 1.29 is 8.42 Å². The van der Waals surface area contributed by atoms with Crippen LogP contribution in [-0.2, 0) is 10.0 Å². The SMILES string of the molecule is CN1C2CCC1CN(c1ccc(-c3ccc(S(=O)(=O)N(C)C)cc3)nc1)CC2. The number of likely N-dealkylation sites (N-methyl/N-ethyl adjacent to an activating group) is 1. The van der Waals surface area contributed by atoms with Gasteiger partial charge < -0.3 is 4.90 Å². The molecule has 3 heterocycles. The molecule has 0 amide bonds. The standard InChI is InChI=1S/C21H28N4O2S/c1-23(2)28(26,27)20-9-4-16(5-10-20)21-11-8-18(14-22-21)25-13-12-17-6-7-19(15-25)24(17)3/h4-5,8-11,14,17,19H,6-7,12-13,15H2,1-3H3. The van der Waals surface area contributed by atoms with E-state index in [-0.39, 0.29) is 0 Å². The fraction of sp³-hybridized carbons (Fsp3) is 0.476. The molecule has 2 saturated heterocycles. The number of aromatic nitrogens is 1. The molecular formula is C21H28N4O2S. The molecule has 4 rings (SSSR count). The minimum atomic E-state index is -3.41. The van der Waals surface area contributed by atoms with Crippen LogP contribution in [0.1, 0.15) is 19.3 Å². The molecule has 0 spiro atoms. The monoisotopic (exact) mass is 400 g/mol. The minimum absolute atomic E-state index is 0.293. The van der Waals surface area contributed by atoms with Gasteiger partial charge in [-0.3, -0.25) is 9.88 Å². The van der Waals surface area contributed by atoms with Crippen molar-refractivity contribution in [3.63, 3.8) is 0 Å². The maximum atomic E-state index is 12.2. The largest absolute Gasteiger partial charge is 0.369 e. The molecular weight excluding hydrogens is 372 g/mol. The number of sulfonamides is 1. The maximum Gasteiger partial charge on any atom is 0.242 e. The van der Waals surface area contributed by atoms with Crippen molar-refractivity contribution >= 4 is 15.7 Å². The third-order valence-corrected chi connectivity index (χ3v) is 8.02. The van der Waals surface area contributed by atoms with E-state index in [1.165, 1.54) is 37.7 Å². The fourth-order valence-electron chi connectivity index (χ4n) is 4.30. The lowest BCUT2D eigenvalue weighted by molar-refractivity contribution is 0.254. The number of nitrogens with zero attached hydrogens (tertiary/aromatic N) is 4. The van der Waals surface area contributed by atoms with Gasteiger partial charge in [0, 0.05) is 44.8 Å². The minimum Gasteiger partial charge on any atom is -0.369 e. The third-order valence-electron chi connectivity index (χ3n) is 6.19. The van der Waals surface area contributed by atoms with Crippen LogP contribution in [-0.4, -0.2) is 68.9 Å². The van der Waals surface area contributed by atoms with Gasteiger partial charge in [0.05, 0.1) is 22.5 Å². The Morgan fingerprint density at radius 3 is 2.36 bits per heavy atom. The van der Waals surface area contributed by atoms with E-state index >= 15 is 0 Å². The first kappa shape index (κ1) is 19.4. The molecule has 150 valence electrons. The number of hydrogen-bond acceptors (Lipinski definition) is 5. The van der Waals surface area contributed by atoms with Crippen LogP contribution in [0.2, 0.25) is 0 Å². The summed E-state index contributed by atoms with van der Waals surface area (Å²) in [4.78, 5) is 9.94. The van der Waals surface area contributed by atoms with Crippen LogP contribution in [0.25, 0.3) is 11.3 Å². The first-order valence-electron chi connectivity index (χ1n) is 9.82. The van der Waals surface area contributed by atoms with Gasteiger partial charge >= 0.3 is 0 Å². The Labute approximate surface area is 167 Å². The summed E-state index contributed by atoms with van der Waals surface area (Å²) in [6, 6.07) is 12.4. The highest BCUT2D eigenvalue weighted by molar-refractivity contribution is 7.89. The van der Waals surface area contributed by atoms with Crippen molar-refractivity contribution in [3.8, 4) is 11.3 Å². The van der Waals surface area contributed by atoms with E-state index in [9.17, 15) is 8.42 Å². The van der Waals surface area contributed by atoms with E-state index in [2.05, 4.69) is 27.9 Å². The Morgan fingerprint density at radius 1 is 1.00 bits per heavy atom. The van der Waals surface area contributed by atoms with E-state index in [0.29, 0.717) is 10.9 Å². The van der Waals surface area contributed by atoms with Gasteiger partial charge in [0.1, 0.15) is 0 Å². The topological polar surface area (TPSA) is 56.8 Å². The molecule has 0 saturated carbocycles. The second-order valence-electron chi connectivity index (χ2n) is 8.00. The summed E-state index contributed by atoms with van der Waals surface area (Å²) in [5, 5.41) is 0. The average molecular weight is 401 g/mol. The molecule has 7 heteroatoms. The molecule has 2 unspecified atom stereocenters. The van der Waals surface area contributed by atoms with Crippen LogP contribution in [0.4, 0.5) is 5.69 Å². The second-order valence-corrected chi connectivity index (χ2v) is 10.2. The van der Waals surface area contributed by atoms with Crippen molar-refractivity contribution in [1.29, 1.82) is 0 Å². The summed E-state index contributed by atoms with van der Waals surface area (Å²) >= 11 is 0. The van der Waals surface area contributed by atoms with Gasteiger partial charge in [-0.1, -0.05) is 12.1 Å². The predicted octanol–water partition coefficient (Wildman–Crippen LogP) is 2.67. The van der Waals surface area contributed by atoms with E-state index < -0.39 is 10.0 Å². The van der Waals surface area contributed by atoms with Crippen LogP contribution in [0.3, 0.4) is 0 Å². The summed E-state index contributed by atoms with van der Waals surface area (Å²) in [6.07, 6.45) is 5.76. The Bertz CT molecular complexity index is 926. The van der Waals surface area contributed by atoms with Gasteiger partial charge in [0.15, 0.2) is 0 Å². The number of rotatable bonds is 4. The highest BCUT2D eigenvalue weighted by atomic mass is 32.2. The molecule has 28 heavy (non-hydrogen) atoms. The van der Waals surface area contributed by atoms with Crippen molar-refractivity contribution in [2.45, 2.75) is 36.2 Å². The van der Waals surface area contributed by atoms with Gasteiger partial charge in [0.2, 0.25) is 10.0 Å². The molecule has 0 aliphatic carbocycles. The Morgan fingerprint density at radius 2 is 1.71 bits per heavy atom. The third kappa shape index (κ3) is 3.54. The average Bonchev–Trinajstić information content (AvgIpc) is 2.94. The van der Waals surface area contributed by atoms with Gasteiger partial charge in [-0.2, -0.15) is 0 Å². The number of pyridine rings is 1. The molecule has 1 aromatic carbocycles. The normalized spacial score (nSPS) is 23.2. The summed E-state index contributed by atoms with van der Waals surface area (Å²) in [5.41, 5.74) is 2.93. The summed E-state index contributed by atoms with van der Waals surface area (Å²) < 4.78 is 25.6. The zero-order chi connectivity index (χ0) is 19.9. The van der Waals surface area contributed by atoms with Crippen LogP contribution >= 0.6 is 0 Å². The maximum absolute atomic E-state index is 12.2. The van der Waals surface area contributed by atoms with E-state index in [0.717, 1.165) is 36.1 Å². The summed E-state index contributed by atoms with van der Waals surface area (Å²) in [5.74, 6) is 0. The first-order valence-corrected chi connectivity index (χ1v) is 11.3. The van der Waals surface area contributed by atoms with Crippen molar-refractivity contribution in [1.82, 2.24) is 14.2 Å². The zero-order valence-corrected chi connectivity index (χ0v) is 17.6. The van der Waals surface area contributed by atoms with Crippen molar-refractivity contribution in [3.05, 3.63) is 42.6 Å². The van der Waals surface area contributed by atoms with Crippen LogP contribution < -0.4 is 4.90 Å². The Hall–Kier alpha value is -1.96. The number of fused-ring (bicyclic) bond motifs is 2. The van der Waals surface area contributed by atoms with Gasteiger partial charge in [-0.05, 0) is 50.6 Å². The smallest absolute Gasteiger partial charge is 0.242 e. The van der Waals surface area contributed by atoms with Crippen LogP contribution in [0.5, 0.6) is 0 Å². The molecule has 1 aromatic heterocycles. The molecule has 2 aliphatic heterocycles. The second kappa shape index (κ2) is 7.46. The molecule has 0 N–H and O–H groups in total. The molecule has 2 aliphatic rings. The van der Waals surface area contributed by atoms with Crippen LogP contribution in [0.15, 0.2) is 47.5 Å². The van der Waals surface area contributed by atoms with Crippen molar-refractivity contribution in [2.75, 3.05) is 39.1 Å². The first-order chi connectivity index (χ1) is 13.4. The number of benzene rings is 1. The van der Waals surface area contributed by atoms with Gasteiger partial charge in [-0.25, -0.2) is 12.7 Å². The quantitative estimate of drug-likeness (QED) is 0.790. The van der Waals surface area contributed by atoms with Crippen LogP contribution in [0, 0.1) is 0 Å².